The Labute approximate surface area is 396 Å². The summed E-state index contributed by atoms with van der Waals surface area (Å²) >= 11 is 0. The first-order valence-corrected chi connectivity index (χ1v) is 22.2. The lowest BCUT2D eigenvalue weighted by Gasteiger charge is -2.22. The van der Waals surface area contributed by atoms with Crippen molar-refractivity contribution in [1.82, 2.24) is 0 Å². The quantitative estimate of drug-likeness (QED) is 0.0911. The van der Waals surface area contributed by atoms with Crippen LogP contribution in [0.1, 0.15) is 115 Å². The number of aliphatic hydroxyl groups is 2. The minimum absolute atomic E-state index is 0.0940. The lowest BCUT2D eigenvalue weighted by atomic mass is 9.89. The smallest absolute Gasteiger partial charge is 0.190 e. The van der Waals surface area contributed by atoms with Crippen LogP contribution in [0.15, 0.2) is 91.0 Å². The van der Waals surface area contributed by atoms with E-state index in [0.29, 0.717) is 59.1 Å². The van der Waals surface area contributed by atoms with E-state index in [9.17, 15) is 14.6 Å². The van der Waals surface area contributed by atoms with E-state index in [1.165, 1.54) is 12.1 Å². The van der Waals surface area contributed by atoms with Gasteiger partial charge in [-0.15, -0.1) is 0 Å². The molecule has 0 fully saturated rings. The number of aliphatic hydroxyl groups excluding tert-OH is 2. The van der Waals surface area contributed by atoms with Crippen LogP contribution in [-0.4, -0.2) is 48.8 Å². The molecular formula is C55H73FN4O6. The molecule has 0 saturated heterocycles. The van der Waals surface area contributed by atoms with E-state index >= 15 is 0 Å². The fraction of sp³-hybridized carbons (Fsp3) is 0.491. The summed E-state index contributed by atoms with van der Waals surface area (Å²) in [5.41, 5.74) is 2.86. The maximum atomic E-state index is 13.4. The van der Waals surface area contributed by atoms with Crippen molar-refractivity contribution in [2.24, 2.45) is 21.7 Å². The molecule has 0 radical (unpaired) electrons. The average molecular weight is 905 g/mol. The number of ether oxygens (including phenoxy) is 4. The molecule has 0 aliphatic carbocycles. The molecule has 1 unspecified atom stereocenters. The van der Waals surface area contributed by atoms with Crippen molar-refractivity contribution in [3.63, 3.8) is 0 Å². The second-order valence-electron chi connectivity index (χ2n) is 20.7. The third-order valence-corrected chi connectivity index (χ3v) is 8.97. The monoisotopic (exact) mass is 905 g/mol. The van der Waals surface area contributed by atoms with Crippen LogP contribution < -0.4 is 18.9 Å². The summed E-state index contributed by atoms with van der Waals surface area (Å²) < 4.78 is 35.2. The van der Waals surface area contributed by atoms with E-state index in [-0.39, 0.29) is 35.2 Å². The standard InChI is InChI=1S/2C14H19NO2.C14H19NO.C13H16FNO/c2*1-14(2,3)9-12(16)10-17-13-7-5-11(15-4)6-8-13;1-14(2,3)10-5-11-16-13-8-6-12(15-4)7-9-13;1-13(2,3)7-8-16-12-6-5-10(15-4)9-11(12)14/h2*5-8,12,16H,9-10H2,1-3H3;6-9H,5,10-11H2,1-3H3;5-6,9H,7-8H2,1-3H3/t12-;;;/m0.../s1. The number of benzene rings is 4. The Kier molecular flexibility index (Phi) is 25.2. The van der Waals surface area contributed by atoms with Gasteiger partial charge in [0.15, 0.2) is 34.3 Å². The van der Waals surface area contributed by atoms with E-state index in [2.05, 4.69) is 102 Å². The molecule has 10 nitrogen and oxygen atoms in total. The van der Waals surface area contributed by atoms with Gasteiger partial charge in [0.05, 0.1) is 51.7 Å². The molecular weight excluding hydrogens is 832 g/mol. The number of hydrogen-bond acceptors (Lipinski definition) is 6. The molecule has 0 heterocycles. The molecule has 11 heteroatoms. The first-order valence-electron chi connectivity index (χ1n) is 22.2. The molecule has 0 aromatic heterocycles. The topological polar surface area (TPSA) is 94.8 Å². The second-order valence-corrected chi connectivity index (χ2v) is 20.7. The highest BCUT2D eigenvalue weighted by molar-refractivity contribution is 5.49. The summed E-state index contributed by atoms with van der Waals surface area (Å²) in [6.07, 6.45) is 3.56. The van der Waals surface area contributed by atoms with Gasteiger partial charge in [-0.2, -0.15) is 0 Å². The van der Waals surface area contributed by atoms with E-state index in [1.807, 2.05) is 12.1 Å². The largest absolute Gasteiger partial charge is 0.494 e. The average Bonchev–Trinajstić information content (AvgIpc) is 3.23. The number of nitrogens with zero attached hydrogens (tertiary/aromatic N) is 4. The van der Waals surface area contributed by atoms with Crippen molar-refractivity contribution < 1.29 is 33.6 Å². The van der Waals surface area contributed by atoms with Gasteiger partial charge in [0, 0.05) is 0 Å². The zero-order valence-electron chi connectivity index (χ0n) is 41.4. The Morgan fingerprint density at radius 3 is 1.12 bits per heavy atom. The van der Waals surface area contributed by atoms with Gasteiger partial charge >= 0.3 is 0 Å². The molecule has 66 heavy (non-hydrogen) atoms. The molecule has 0 aliphatic rings. The van der Waals surface area contributed by atoms with Crippen LogP contribution in [0.4, 0.5) is 27.1 Å². The Hall–Kier alpha value is -6.11. The fourth-order valence-electron chi connectivity index (χ4n) is 5.70. The molecule has 0 spiro atoms. The Morgan fingerprint density at radius 2 is 0.803 bits per heavy atom. The molecule has 4 rings (SSSR count). The highest BCUT2D eigenvalue weighted by Gasteiger charge is 2.18. The third kappa shape index (κ3) is 29.4. The van der Waals surface area contributed by atoms with Gasteiger partial charge in [0.2, 0.25) is 0 Å². The first kappa shape index (κ1) is 57.9. The summed E-state index contributed by atoms with van der Waals surface area (Å²) in [6.45, 7) is 54.6. The van der Waals surface area contributed by atoms with Crippen molar-refractivity contribution >= 4 is 22.7 Å². The molecule has 0 saturated carbocycles. The summed E-state index contributed by atoms with van der Waals surface area (Å²) in [4.78, 5) is 13.1. The summed E-state index contributed by atoms with van der Waals surface area (Å²) in [5, 5.41) is 19.5. The zero-order chi connectivity index (χ0) is 50.0. The van der Waals surface area contributed by atoms with Crippen LogP contribution in [0.3, 0.4) is 0 Å². The molecule has 2 N–H and O–H groups in total. The SMILES string of the molecule is [C-]#[N+]c1ccc(OCC(O)CC(C)(C)C)cc1.[C-]#[N+]c1ccc(OCCC(C)(C)C)c(F)c1.[C-]#[N+]c1ccc(OCCCC(C)(C)C)cc1.[C-]#[N+]c1ccc(OC[C@@H](O)CC(C)(C)C)cc1. The Balaban J connectivity index is 0.000000440. The normalized spacial score (nSPS) is 11.9. The lowest BCUT2D eigenvalue weighted by Crippen LogP contribution is -2.23. The molecule has 0 aliphatic heterocycles. The van der Waals surface area contributed by atoms with Gasteiger partial charge in [-0.25, -0.2) is 23.8 Å². The maximum absolute atomic E-state index is 13.4. The molecule has 0 amide bonds. The van der Waals surface area contributed by atoms with E-state index in [4.69, 9.17) is 45.2 Å². The van der Waals surface area contributed by atoms with Crippen LogP contribution in [-0.2, 0) is 0 Å². The zero-order valence-corrected chi connectivity index (χ0v) is 41.4. The van der Waals surface area contributed by atoms with Gasteiger partial charge in [-0.1, -0.05) is 126 Å². The van der Waals surface area contributed by atoms with E-state index in [1.54, 1.807) is 66.7 Å². The van der Waals surface area contributed by atoms with Crippen molar-refractivity contribution in [2.45, 2.75) is 127 Å². The second kappa shape index (κ2) is 28.7. The molecule has 4 aromatic carbocycles. The molecule has 4 aromatic rings. The minimum Gasteiger partial charge on any atom is -0.494 e. The number of rotatable bonds is 15. The molecule has 0 bridgehead atoms. The molecule has 356 valence electrons. The van der Waals surface area contributed by atoms with E-state index in [0.717, 1.165) is 31.6 Å². The van der Waals surface area contributed by atoms with Crippen molar-refractivity contribution in [1.29, 1.82) is 0 Å². The maximum Gasteiger partial charge on any atom is 0.190 e. The summed E-state index contributed by atoms with van der Waals surface area (Å²) in [5.74, 6) is 1.97. The van der Waals surface area contributed by atoms with Gasteiger partial charge in [0.25, 0.3) is 0 Å². The van der Waals surface area contributed by atoms with Crippen molar-refractivity contribution in [2.75, 3.05) is 26.4 Å². The predicted octanol–water partition coefficient (Wildman–Crippen LogP) is 15.5. The van der Waals surface area contributed by atoms with Gasteiger partial charge in [-0.05, 0) is 102 Å². The van der Waals surface area contributed by atoms with E-state index < -0.39 is 18.0 Å². The first-order chi connectivity index (χ1) is 30.7. The summed E-state index contributed by atoms with van der Waals surface area (Å²) in [7, 11) is 0. The van der Waals surface area contributed by atoms with Crippen LogP contribution in [0, 0.1) is 53.8 Å². The van der Waals surface area contributed by atoms with Crippen molar-refractivity contribution in [3.05, 3.63) is 142 Å². The van der Waals surface area contributed by atoms with Gasteiger partial charge in [0.1, 0.15) is 30.5 Å². The van der Waals surface area contributed by atoms with Crippen LogP contribution in [0.2, 0.25) is 0 Å². The minimum atomic E-state index is -0.470. The number of halogens is 1. The Morgan fingerprint density at radius 1 is 0.455 bits per heavy atom. The van der Waals surface area contributed by atoms with Crippen LogP contribution in [0.5, 0.6) is 23.0 Å². The number of hydrogen-bond donors (Lipinski definition) is 2. The fourth-order valence-corrected chi connectivity index (χ4v) is 5.70. The molecule has 2 atom stereocenters. The predicted molar refractivity (Wildman–Crippen MR) is 266 cm³/mol. The van der Waals surface area contributed by atoms with Gasteiger partial charge < -0.3 is 29.2 Å². The Bertz CT molecular complexity index is 2070. The third-order valence-electron chi connectivity index (χ3n) is 8.97. The highest BCUT2D eigenvalue weighted by atomic mass is 19.1. The van der Waals surface area contributed by atoms with Gasteiger partial charge in [-0.3, -0.25) is 0 Å². The summed E-state index contributed by atoms with van der Waals surface area (Å²) in [6, 6.07) is 25.3. The van der Waals surface area contributed by atoms with Crippen molar-refractivity contribution in [3.8, 4) is 23.0 Å². The lowest BCUT2D eigenvalue weighted by molar-refractivity contribution is 0.0708. The highest BCUT2D eigenvalue weighted by Crippen LogP contribution is 2.27. The van der Waals surface area contributed by atoms with Crippen LogP contribution >= 0.6 is 0 Å². The van der Waals surface area contributed by atoms with Crippen LogP contribution in [0.25, 0.3) is 19.4 Å².